The monoisotopic (exact) mass is 474 g/mol. The molecule has 0 aliphatic rings. The Morgan fingerprint density at radius 3 is 1.76 bits per heavy atom. The Balaban J connectivity index is 2.09. The largest absolute Gasteiger partial charge is 0.339 e. The summed E-state index contributed by atoms with van der Waals surface area (Å²) in [6, 6.07) is 12.2. The molecule has 10 heteroatoms. The molecule has 2 aromatic carbocycles. The molecule has 0 saturated heterocycles. The van der Waals surface area contributed by atoms with Gasteiger partial charge in [0.15, 0.2) is 0 Å². The lowest BCUT2D eigenvalue weighted by Crippen LogP contribution is -2.37. The smallest absolute Gasteiger partial charge is 0.253 e. The zero-order valence-electron chi connectivity index (χ0n) is 19.3. The number of amides is 3. The number of benzene rings is 2. The van der Waals surface area contributed by atoms with Gasteiger partial charge in [0.2, 0.25) is 21.8 Å². The molecule has 0 radical (unpaired) electrons. The molecular formula is C23H30N4O5S. The first kappa shape index (κ1) is 26.0. The molecule has 2 rings (SSSR count). The Hall–Kier alpha value is -3.24. The molecule has 0 spiro atoms. The highest BCUT2D eigenvalue weighted by molar-refractivity contribution is 7.89. The summed E-state index contributed by atoms with van der Waals surface area (Å²) in [5.41, 5.74) is 1.46. The summed E-state index contributed by atoms with van der Waals surface area (Å²) in [6.45, 7) is 7.64. The third-order valence-electron chi connectivity index (χ3n) is 4.95. The maximum Gasteiger partial charge on any atom is 0.253 e. The highest BCUT2D eigenvalue weighted by atomic mass is 32.2. The third-order valence-corrected chi connectivity index (χ3v) is 6.89. The number of anilines is 2. The normalized spacial score (nSPS) is 11.2. The zero-order valence-corrected chi connectivity index (χ0v) is 20.1. The van der Waals surface area contributed by atoms with Gasteiger partial charge in [0.25, 0.3) is 5.91 Å². The molecule has 3 amide bonds. The lowest BCUT2D eigenvalue weighted by Gasteiger charge is -2.21. The lowest BCUT2D eigenvalue weighted by atomic mass is 10.2. The lowest BCUT2D eigenvalue weighted by molar-refractivity contribution is -0.116. The molecule has 0 aliphatic heterocycles. The fourth-order valence-electron chi connectivity index (χ4n) is 3.18. The van der Waals surface area contributed by atoms with E-state index in [9.17, 15) is 22.8 Å². The van der Waals surface area contributed by atoms with E-state index in [1.807, 2.05) is 13.8 Å². The van der Waals surface area contributed by atoms with Crippen molar-refractivity contribution < 1.29 is 22.8 Å². The first-order valence-electron chi connectivity index (χ1n) is 10.7. The van der Waals surface area contributed by atoms with E-state index in [1.54, 1.807) is 36.1 Å². The van der Waals surface area contributed by atoms with Crippen LogP contribution in [0.1, 0.15) is 38.1 Å². The van der Waals surface area contributed by atoms with Crippen molar-refractivity contribution in [3.8, 4) is 0 Å². The van der Waals surface area contributed by atoms with Crippen LogP contribution in [0.15, 0.2) is 53.4 Å². The number of nitrogens with zero attached hydrogens (tertiary/aromatic N) is 2. The average Bonchev–Trinajstić information content (AvgIpc) is 2.79. The first-order valence-corrected chi connectivity index (χ1v) is 12.1. The molecule has 0 bridgehead atoms. The van der Waals surface area contributed by atoms with Gasteiger partial charge in [0.1, 0.15) is 0 Å². The summed E-state index contributed by atoms with van der Waals surface area (Å²) in [5, 5.41) is 5.28. The van der Waals surface area contributed by atoms with E-state index in [2.05, 4.69) is 10.6 Å². The predicted molar refractivity (Wildman–Crippen MR) is 128 cm³/mol. The van der Waals surface area contributed by atoms with Gasteiger partial charge in [-0.3, -0.25) is 14.4 Å². The number of sulfonamides is 1. The molecule has 9 nitrogen and oxygen atoms in total. The van der Waals surface area contributed by atoms with Crippen molar-refractivity contribution >= 4 is 39.1 Å². The number of carbonyl (C=O) groups excluding carboxylic acids is 3. The van der Waals surface area contributed by atoms with E-state index in [0.29, 0.717) is 30.0 Å². The number of nitrogens with one attached hydrogen (secondary N) is 2. The van der Waals surface area contributed by atoms with E-state index in [-0.39, 0.29) is 29.8 Å². The molecule has 0 saturated carbocycles. The second-order valence-corrected chi connectivity index (χ2v) is 9.18. The first-order chi connectivity index (χ1) is 15.6. The van der Waals surface area contributed by atoms with Crippen molar-refractivity contribution in [3.05, 3.63) is 54.1 Å². The highest BCUT2D eigenvalue weighted by Gasteiger charge is 2.26. The summed E-state index contributed by atoms with van der Waals surface area (Å²) in [7, 11) is -3.93. The number of likely N-dealkylation sites (N-methyl/N-ethyl adjacent to an activating group) is 1. The van der Waals surface area contributed by atoms with Gasteiger partial charge in [0.05, 0.1) is 11.4 Å². The Labute approximate surface area is 194 Å². The summed E-state index contributed by atoms with van der Waals surface area (Å²) in [4.78, 5) is 37.7. The molecule has 2 N–H and O–H groups in total. The van der Waals surface area contributed by atoms with Crippen molar-refractivity contribution in [1.82, 2.24) is 9.21 Å². The van der Waals surface area contributed by atoms with Gasteiger partial charge in [-0.1, -0.05) is 6.92 Å². The van der Waals surface area contributed by atoms with Crippen molar-refractivity contribution in [2.75, 3.05) is 36.8 Å². The van der Waals surface area contributed by atoms with Crippen LogP contribution in [0.3, 0.4) is 0 Å². The number of rotatable bonds is 10. The van der Waals surface area contributed by atoms with Gasteiger partial charge in [-0.25, -0.2) is 8.42 Å². The molecular weight excluding hydrogens is 444 g/mol. The Kier molecular flexibility index (Phi) is 9.12. The van der Waals surface area contributed by atoms with Crippen LogP contribution in [-0.2, 0) is 19.6 Å². The number of hydrogen-bond acceptors (Lipinski definition) is 5. The Morgan fingerprint density at radius 1 is 0.788 bits per heavy atom. The molecule has 178 valence electrons. The minimum atomic E-state index is -3.93. The molecule has 0 fully saturated rings. The van der Waals surface area contributed by atoms with Crippen molar-refractivity contribution in [3.63, 3.8) is 0 Å². The Morgan fingerprint density at radius 2 is 1.30 bits per heavy atom. The van der Waals surface area contributed by atoms with E-state index in [0.717, 1.165) is 4.31 Å². The third kappa shape index (κ3) is 6.87. The van der Waals surface area contributed by atoms with Gasteiger partial charge in [-0.05, 0) is 62.4 Å². The van der Waals surface area contributed by atoms with Crippen LogP contribution in [0, 0.1) is 0 Å². The van der Waals surface area contributed by atoms with Crippen LogP contribution in [0.2, 0.25) is 0 Å². The maximum absolute atomic E-state index is 13.0. The molecule has 0 unspecified atom stereocenters. The maximum atomic E-state index is 13.0. The topological polar surface area (TPSA) is 116 Å². The summed E-state index contributed by atoms with van der Waals surface area (Å²) < 4.78 is 27.1. The van der Waals surface area contributed by atoms with E-state index >= 15 is 0 Å². The molecule has 0 atom stereocenters. The van der Waals surface area contributed by atoms with Crippen LogP contribution in [-0.4, -0.2) is 61.5 Å². The van der Waals surface area contributed by atoms with Gasteiger partial charge >= 0.3 is 0 Å². The van der Waals surface area contributed by atoms with Gasteiger partial charge in [0, 0.05) is 43.5 Å². The standard InChI is InChI=1S/C23H30N4O5S/c1-5-26(6-2)23(30)18-8-14-21(15-9-18)33(31,32)27(7-3)16-22(29)25-20-12-10-19(11-13-20)24-17(4)28/h8-15H,5-7,16H2,1-4H3,(H,24,28)(H,25,29). The van der Waals surface area contributed by atoms with Crippen LogP contribution in [0.25, 0.3) is 0 Å². The van der Waals surface area contributed by atoms with Crippen LogP contribution < -0.4 is 10.6 Å². The summed E-state index contributed by atoms with van der Waals surface area (Å²) >= 11 is 0. The van der Waals surface area contributed by atoms with E-state index < -0.39 is 15.9 Å². The molecule has 0 aromatic heterocycles. The van der Waals surface area contributed by atoms with Crippen molar-refractivity contribution in [1.29, 1.82) is 0 Å². The van der Waals surface area contributed by atoms with Crippen molar-refractivity contribution in [2.45, 2.75) is 32.6 Å². The summed E-state index contributed by atoms with van der Waals surface area (Å²) in [5.74, 6) is -0.873. The Bertz CT molecular complexity index is 1080. The van der Waals surface area contributed by atoms with E-state index in [4.69, 9.17) is 0 Å². The number of hydrogen-bond donors (Lipinski definition) is 2. The van der Waals surface area contributed by atoms with Gasteiger partial charge < -0.3 is 15.5 Å². The van der Waals surface area contributed by atoms with Gasteiger partial charge in [-0.15, -0.1) is 0 Å². The summed E-state index contributed by atoms with van der Waals surface area (Å²) in [6.07, 6.45) is 0. The quantitative estimate of drug-likeness (QED) is 0.549. The second-order valence-electron chi connectivity index (χ2n) is 7.24. The fraction of sp³-hybridized carbons (Fsp3) is 0.348. The van der Waals surface area contributed by atoms with Crippen LogP contribution >= 0.6 is 0 Å². The molecule has 0 aliphatic carbocycles. The SMILES string of the molecule is CCN(CC)C(=O)c1ccc(S(=O)(=O)N(CC)CC(=O)Nc2ccc(NC(C)=O)cc2)cc1. The minimum absolute atomic E-state index is 0.00732. The second kappa shape index (κ2) is 11.6. The predicted octanol–water partition coefficient (Wildman–Crippen LogP) is 2.78. The highest BCUT2D eigenvalue weighted by Crippen LogP contribution is 2.18. The fourth-order valence-corrected chi connectivity index (χ4v) is 4.58. The van der Waals surface area contributed by atoms with Crippen LogP contribution in [0.5, 0.6) is 0 Å². The molecule has 2 aromatic rings. The van der Waals surface area contributed by atoms with Crippen LogP contribution in [0.4, 0.5) is 11.4 Å². The van der Waals surface area contributed by atoms with Crippen molar-refractivity contribution in [2.24, 2.45) is 0 Å². The zero-order chi connectivity index (χ0) is 24.6. The van der Waals surface area contributed by atoms with Gasteiger partial charge in [-0.2, -0.15) is 4.31 Å². The van der Waals surface area contributed by atoms with E-state index in [1.165, 1.54) is 31.2 Å². The molecule has 33 heavy (non-hydrogen) atoms. The molecule has 0 heterocycles. The minimum Gasteiger partial charge on any atom is -0.339 e. The number of carbonyl (C=O) groups is 3. The average molecular weight is 475 g/mol.